The Labute approximate surface area is 115 Å². The molecule has 0 atom stereocenters. The monoisotopic (exact) mass is 267 g/mol. The van der Waals surface area contributed by atoms with E-state index in [2.05, 4.69) is 5.10 Å². The fourth-order valence-corrected chi connectivity index (χ4v) is 2.12. The van der Waals surface area contributed by atoms with E-state index in [-0.39, 0.29) is 5.69 Å². The summed E-state index contributed by atoms with van der Waals surface area (Å²) in [4.78, 5) is 11.6. The van der Waals surface area contributed by atoms with E-state index in [0.29, 0.717) is 5.69 Å². The topological polar surface area (TPSA) is 79.0 Å². The highest BCUT2D eigenvalue weighted by Crippen LogP contribution is 2.21. The van der Waals surface area contributed by atoms with Crippen molar-refractivity contribution < 1.29 is 9.95 Å². The third-order valence-corrected chi connectivity index (χ3v) is 3.15. The van der Waals surface area contributed by atoms with Gasteiger partial charge in [-0.25, -0.2) is 0 Å². The molecule has 0 aromatic heterocycles. The minimum Gasteiger partial charge on any atom is -0.427 e. The molecule has 20 heavy (non-hydrogen) atoms. The summed E-state index contributed by atoms with van der Waals surface area (Å²) in [7, 11) is -0.905. The predicted octanol–water partition coefficient (Wildman–Crippen LogP) is 1.14. The summed E-state index contributed by atoms with van der Waals surface area (Å²) in [6, 6.07) is 13.3. The average Bonchev–Trinajstić information content (AvgIpc) is 2.48. The number of hydrogen-bond donors (Lipinski definition) is 1. The lowest BCUT2D eigenvalue weighted by atomic mass is 9.69. The first-order chi connectivity index (χ1) is 9.66. The average molecular weight is 267 g/mol. The molecule has 98 valence electrons. The zero-order valence-electron chi connectivity index (χ0n) is 10.4. The van der Waals surface area contributed by atoms with Crippen LogP contribution in [0.5, 0.6) is 0 Å². The molecule has 0 aliphatic carbocycles. The van der Waals surface area contributed by atoms with Gasteiger partial charge < -0.3 is 5.02 Å². The second-order valence-corrected chi connectivity index (χ2v) is 4.37. The highest BCUT2D eigenvalue weighted by molar-refractivity contribution is 6.71. The number of hydrazone groups is 1. The van der Waals surface area contributed by atoms with E-state index >= 15 is 0 Å². The molecule has 0 saturated carbocycles. The molecule has 1 N–H and O–H groups in total. The van der Waals surface area contributed by atoms with Crippen molar-refractivity contribution in [1.82, 2.24) is 0 Å². The van der Waals surface area contributed by atoms with Gasteiger partial charge in [0.05, 0.1) is 11.1 Å². The summed E-state index contributed by atoms with van der Waals surface area (Å²) in [5.41, 5.74) is 2.21. The maximum atomic E-state index is 10.6. The lowest BCUT2D eigenvalue weighted by Gasteiger charge is -2.26. The van der Waals surface area contributed by atoms with E-state index in [9.17, 15) is 15.1 Å². The maximum absolute atomic E-state index is 10.6. The van der Waals surface area contributed by atoms with Gasteiger partial charge in [-0.3, -0.25) is 15.0 Å². The third kappa shape index (κ3) is 2.04. The van der Waals surface area contributed by atoms with Gasteiger partial charge in [-0.05, 0) is 23.2 Å². The zero-order chi connectivity index (χ0) is 14.1. The number of nitrogens with zero attached hydrogens (tertiary/aromatic N) is 3. The molecule has 1 heterocycles. The summed E-state index contributed by atoms with van der Waals surface area (Å²) in [5, 5.41) is 25.1. The Balaban J connectivity index is 1.94. The fraction of sp³-hybridized carbons (Fsp3) is 0. The molecule has 0 fully saturated rings. The molecular formula is C13H10BN3O3. The first-order valence-corrected chi connectivity index (χ1v) is 6.01. The van der Waals surface area contributed by atoms with Crippen molar-refractivity contribution in [2.45, 2.75) is 0 Å². The molecule has 3 rings (SSSR count). The van der Waals surface area contributed by atoms with Crippen LogP contribution in [0.4, 0.5) is 11.4 Å². The number of nitro groups is 1. The van der Waals surface area contributed by atoms with Crippen molar-refractivity contribution in [1.29, 1.82) is 0 Å². The van der Waals surface area contributed by atoms with Gasteiger partial charge in [0.15, 0.2) is 0 Å². The van der Waals surface area contributed by atoms with Crippen molar-refractivity contribution in [3.05, 3.63) is 64.2 Å². The number of anilines is 1. The molecule has 1 aliphatic heterocycles. The first-order valence-electron chi connectivity index (χ1n) is 6.01. The van der Waals surface area contributed by atoms with E-state index < -0.39 is 12.0 Å². The van der Waals surface area contributed by atoms with E-state index in [1.807, 2.05) is 24.3 Å². The molecule has 2 aromatic carbocycles. The van der Waals surface area contributed by atoms with Crippen LogP contribution in [-0.2, 0) is 0 Å². The molecule has 1 aliphatic rings. The number of hydrogen-bond acceptors (Lipinski definition) is 5. The van der Waals surface area contributed by atoms with Crippen LogP contribution < -0.4 is 10.4 Å². The first kappa shape index (κ1) is 12.4. The van der Waals surface area contributed by atoms with Gasteiger partial charge in [0.1, 0.15) is 0 Å². The lowest BCUT2D eigenvalue weighted by molar-refractivity contribution is -0.384. The van der Waals surface area contributed by atoms with Crippen molar-refractivity contribution >= 4 is 30.1 Å². The van der Waals surface area contributed by atoms with Crippen LogP contribution in [0.25, 0.3) is 0 Å². The van der Waals surface area contributed by atoms with Crippen LogP contribution in [0.15, 0.2) is 53.6 Å². The maximum Gasteiger partial charge on any atom is 0.471 e. The normalized spacial score (nSPS) is 13.2. The lowest BCUT2D eigenvalue weighted by Crippen LogP contribution is -2.50. The van der Waals surface area contributed by atoms with E-state index in [4.69, 9.17) is 0 Å². The van der Waals surface area contributed by atoms with E-state index in [1.54, 1.807) is 18.3 Å². The van der Waals surface area contributed by atoms with Crippen LogP contribution in [0.3, 0.4) is 0 Å². The molecule has 6 nitrogen and oxygen atoms in total. The van der Waals surface area contributed by atoms with Crippen LogP contribution in [0.2, 0.25) is 0 Å². The summed E-state index contributed by atoms with van der Waals surface area (Å²) in [6.45, 7) is 0. The standard InChI is InChI=1S/C13H10BN3O3/c18-14-13-4-2-1-3-10(13)9-15-16(14)11-5-7-12(8-6-11)17(19)20/h1-9,18H. The van der Waals surface area contributed by atoms with Gasteiger partial charge in [-0.15, -0.1) is 0 Å². The second-order valence-electron chi connectivity index (χ2n) is 4.37. The SMILES string of the molecule is O=[N+]([O-])c1ccc(N2N=Cc3ccccc3B2O)cc1. The van der Waals surface area contributed by atoms with Gasteiger partial charge in [-0.2, -0.15) is 5.10 Å². The molecule has 7 heteroatoms. The van der Waals surface area contributed by atoms with Crippen molar-refractivity contribution in [3.63, 3.8) is 0 Å². The van der Waals surface area contributed by atoms with Crippen molar-refractivity contribution in [2.24, 2.45) is 5.10 Å². The smallest absolute Gasteiger partial charge is 0.427 e. The van der Waals surface area contributed by atoms with Gasteiger partial charge in [0.25, 0.3) is 5.69 Å². The molecular weight excluding hydrogens is 257 g/mol. The zero-order valence-corrected chi connectivity index (χ0v) is 10.4. The van der Waals surface area contributed by atoms with E-state index in [0.717, 1.165) is 11.0 Å². The number of non-ortho nitro benzene ring substituents is 1. The molecule has 0 radical (unpaired) electrons. The van der Waals surface area contributed by atoms with Crippen LogP contribution in [0.1, 0.15) is 5.56 Å². The summed E-state index contributed by atoms with van der Waals surface area (Å²) in [5.74, 6) is 0. The number of nitro benzene ring substituents is 1. The second kappa shape index (κ2) is 4.78. The molecule has 0 amide bonds. The molecule has 0 spiro atoms. The van der Waals surface area contributed by atoms with Gasteiger partial charge >= 0.3 is 7.05 Å². The highest BCUT2D eigenvalue weighted by atomic mass is 16.6. The predicted molar refractivity (Wildman–Crippen MR) is 77.2 cm³/mol. The molecule has 0 unspecified atom stereocenters. The summed E-state index contributed by atoms with van der Waals surface area (Å²) < 4.78 is 0. The Kier molecular flexibility index (Phi) is 2.96. The number of fused-ring (bicyclic) bond motifs is 1. The Bertz CT molecular complexity index is 688. The summed E-state index contributed by atoms with van der Waals surface area (Å²) >= 11 is 0. The van der Waals surface area contributed by atoms with Crippen LogP contribution in [0, 0.1) is 10.1 Å². The van der Waals surface area contributed by atoms with Crippen LogP contribution in [-0.4, -0.2) is 23.2 Å². The van der Waals surface area contributed by atoms with Crippen molar-refractivity contribution in [2.75, 3.05) is 4.92 Å². The molecule has 2 aromatic rings. The third-order valence-electron chi connectivity index (χ3n) is 3.15. The van der Waals surface area contributed by atoms with Crippen molar-refractivity contribution in [3.8, 4) is 0 Å². The van der Waals surface area contributed by atoms with Gasteiger partial charge in [0.2, 0.25) is 0 Å². The largest absolute Gasteiger partial charge is 0.471 e. The van der Waals surface area contributed by atoms with Crippen LogP contribution >= 0.6 is 0 Å². The van der Waals surface area contributed by atoms with Gasteiger partial charge in [0, 0.05) is 17.8 Å². The number of rotatable bonds is 2. The van der Waals surface area contributed by atoms with E-state index in [1.165, 1.54) is 17.1 Å². The highest BCUT2D eigenvalue weighted by Gasteiger charge is 2.29. The van der Waals surface area contributed by atoms with Gasteiger partial charge in [-0.1, -0.05) is 24.3 Å². The minimum atomic E-state index is -0.905. The fourth-order valence-electron chi connectivity index (χ4n) is 2.12. The Hall–Kier alpha value is -2.67. The Morgan fingerprint density at radius 3 is 2.55 bits per heavy atom. The summed E-state index contributed by atoms with van der Waals surface area (Å²) in [6.07, 6.45) is 1.66. The molecule has 0 saturated heterocycles. The molecule has 0 bridgehead atoms. The quantitative estimate of drug-likeness (QED) is 0.502. The minimum absolute atomic E-state index is 0.00429. The Morgan fingerprint density at radius 2 is 1.85 bits per heavy atom. The Morgan fingerprint density at radius 1 is 1.15 bits per heavy atom. The number of benzene rings is 2.